The minimum Gasteiger partial charge on any atom is -0.493 e. The molecule has 0 aliphatic heterocycles. The number of nitrogens with one attached hydrogen (secondary N) is 1. The Labute approximate surface area is 173 Å². The third-order valence-electron chi connectivity index (χ3n) is 3.71. The van der Waals surface area contributed by atoms with Gasteiger partial charge in [-0.1, -0.05) is 15.9 Å². The highest BCUT2D eigenvalue weighted by molar-refractivity contribution is 9.10. The van der Waals surface area contributed by atoms with Crippen LogP contribution in [0, 0.1) is 0 Å². The quantitative estimate of drug-likeness (QED) is 0.526. The van der Waals surface area contributed by atoms with Crippen LogP contribution in [0.2, 0.25) is 0 Å². The van der Waals surface area contributed by atoms with Crippen LogP contribution in [-0.2, 0) is 6.73 Å². The number of alkyl halides is 2. The highest BCUT2D eigenvalue weighted by Gasteiger charge is 2.15. The van der Waals surface area contributed by atoms with Gasteiger partial charge in [-0.05, 0) is 42.5 Å². The predicted octanol–water partition coefficient (Wildman–Crippen LogP) is 4.54. The van der Waals surface area contributed by atoms with E-state index in [4.69, 9.17) is 9.47 Å². The third kappa shape index (κ3) is 5.67. The van der Waals surface area contributed by atoms with Crippen molar-refractivity contribution in [2.75, 3.05) is 12.4 Å². The zero-order chi connectivity index (χ0) is 20.8. The van der Waals surface area contributed by atoms with Crippen molar-refractivity contribution in [1.29, 1.82) is 0 Å². The van der Waals surface area contributed by atoms with E-state index in [0.717, 1.165) is 4.47 Å². The van der Waals surface area contributed by atoms with Crippen molar-refractivity contribution < 1.29 is 27.8 Å². The van der Waals surface area contributed by atoms with Gasteiger partial charge in [0.15, 0.2) is 18.2 Å². The first-order valence-electron chi connectivity index (χ1n) is 8.29. The van der Waals surface area contributed by atoms with Gasteiger partial charge >= 0.3 is 6.61 Å². The van der Waals surface area contributed by atoms with Crippen molar-refractivity contribution in [3.8, 4) is 17.2 Å². The number of ether oxygens (including phenoxy) is 3. The third-order valence-corrected chi connectivity index (χ3v) is 4.24. The average Bonchev–Trinajstić information content (AvgIpc) is 3.14. The number of anilines is 1. The summed E-state index contributed by atoms with van der Waals surface area (Å²) in [5.74, 6) is 0.0845. The smallest absolute Gasteiger partial charge is 0.387 e. The van der Waals surface area contributed by atoms with Crippen LogP contribution in [-0.4, -0.2) is 29.4 Å². The van der Waals surface area contributed by atoms with Gasteiger partial charge in [0.2, 0.25) is 0 Å². The van der Waals surface area contributed by atoms with Crippen LogP contribution in [0.25, 0.3) is 0 Å². The molecule has 0 saturated carbocycles. The van der Waals surface area contributed by atoms with Crippen molar-refractivity contribution in [3.63, 3.8) is 0 Å². The van der Waals surface area contributed by atoms with Gasteiger partial charge in [0.25, 0.3) is 5.91 Å². The predicted molar refractivity (Wildman–Crippen MR) is 105 cm³/mol. The normalized spacial score (nSPS) is 10.7. The second-order valence-corrected chi connectivity index (χ2v) is 6.61. The first kappa shape index (κ1) is 20.6. The lowest BCUT2D eigenvalue weighted by Gasteiger charge is -2.11. The van der Waals surface area contributed by atoms with Gasteiger partial charge < -0.3 is 19.5 Å². The standard InChI is InChI=1S/C19H16BrF2N3O4/c1-27-17-8-12(2-7-16(17)29-19(21)22)18(26)24-14-9-23-25(10-14)11-28-15-5-3-13(20)4-6-15/h2-10,19H,11H2,1H3,(H,24,26). The number of rotatable bonds is 8. The number of hydrogen-bond donors (Lipinski definition) is 1. The highest BCUT2D eigenvalue weighted by Crippen LogP contribution is 2.29. The molecule has 1 amide bonds. The van der Waals surface area contributed by atoms with E-state index in [0.29, 0.717) is 11.4 Å². The number of nitrogens with zero attached hydrogens (tertiary/aromatic N) is 2. The van der Waals surface area contributed by atoms with Crippen molar-refractivity contribution in [3.05, 3.63) is 64.9 Å². The molecule has 29 heavy (non-hydrogen) atoms. The molecule has 3 aromatic rings. The summed E-state index contributed by atoms with van der Waals surface area (Å²) in [4.78, 5) is 12.4. The SMILES string of the molecule is COc1cc(C(=O)Nc2cnn(COc3ccc(Br)cc3)c2)ccc1OC(F)F. The number of hydrogen-bond acceptors (Lipinski definition) is 5. The van der Waals surface area contributed by atoms with Crippen LogP contribution in [0.1, 0.15) is 10.4 Å². The zero-order valence-corrected chi connectivity index (χ0v) is 16.7. The molecular weight excluding hydrogens is 452 g/mol. The Hall–Kier alpha value is -3.14. The van der Waals surface area contributed by atoms with Gasteiger partial charge in [-0.15, -0.1) is 0 Å². The first-order valence-corrected chi connectivity index (χ1v) is 9.09. The maximum absolute atomic E-state index is 12.4. The summed E-state index contributed by atoms with van der Waals surface area (Å²) in [5.41, 5.74) is 0.656. The van der Waals surface area contributed by atoms with Crippen LogP contribution >= 0.6 is 15.9 Å². The summed E-state index contributed by atoms with van der Waals surface area (Å²) in [7, 11) is 1.30. The lowest BCUT2D eigenvalue weighted by molar-refractivity contribution is -0.0512. The van der Waals surface area contributed by atoms with Crippen LogP contribution in [0.3, 0.4) is 0 Å². The average molecular weight is 468 g/mol. The van der Waals surface area contributed by atoms with Gasteiger partial charge in [0.05, 0.1) is 25.2 Å². The molecule has 1 N–H and O–H groups in total. The molecule has 0 radical (unpaired) electrons. The van der Waals surface area contributed by atoms with E-state index in [2.05, 4.69) is 31.1 Å². The molecule has 0 bridgehead atoms. The Bertz CT molecular complexity index is 980. The number of halogens is 3. The van der Waals surface area contributed by atoms with E-state index in [9.17, 15) is 13.6 Å². The fourth-order valence-corrected chi connectivity index (χ4v) is 2.64. The zero-order valence-electron chi connectivity index (χ0n) is 15.1. The number of carbonyl (C=O) groups excluding carboxylic acids is 1. The molecule has 0 aliphatic rings. The van der Waals surface area contributed by atoms with Gasteiger partial charge in [-0.2, -0.15) is 13.9 Å². The first-order chi connectivity index (χ1) is 13.9. The molecule has 2 aromatic carbocycles. The molecular formula is C19H16BrF2N3O4. The maximum Gasteiger partial charge on any atom is 0.387 e. The molecule has 0 aliphatic carbocycles. The van der Waals surface area contributed by atoms with Crippen LogP contribution < -0.4 is 19.5 Å². The lowest BCUT2D eigenvalue weighted by atomic mass is 10.2. The van der Waals surface area contributed by atoms with E-state index in [1.807, 2.05) is 24.3 Å². The van der Waals surface area contributed by atoms with E-state index in [1.165, 1.54) is 36.2 Å². The molecule has 1 heterocycles. The van der Waals surface area contributed by atoms with Crippen molar-refractivity contribution in [2.45, 2.75) is 13.3 Å². The van der Waals surface area contributed by atoms with Crippen molar-refractivity contribution in [2.24, 2.45) is 0 Å². The number of benzene rings is 2. The van der Waals surface area contributed by atoms with Crippen LogP contribution in [0.4, 0.5) is 14.5 Å². The van der Waals surface area contributed by atoms with Gasteiger partial charge in [-0.25, -0.2) is 4.68 Å². The summed E-state index contributed by atoms with van der Waals surface area (Å²) in [6, 6.07) is 11.3. The number of aromatic nitrogens is 2. The summed E-state index contributed by atoms with van der Waals surface area (Å²) < 4.78 is 42.2. The minimum absolute atomic E-state index is 0.0246. The second kappa shape index (κ2) is 9.37. The van der Waals surface area contributed by atoms with Crippen molar-refractivity contribution in [1.82, 2.24) is 9.78 Å². The fraction of sp³-hybridized carbons (Fsp3) is 0.158. The number of methoxy groups -OCH3 is 1. The molecule has 0 atom stereocenters. The maximum atomic E-state index is 12.4. The van der Waals surface area contributed by atoms with Crippen LogP contribution in [0.5, 0.6) is 17.2 Å². The van der Waals surface area contributed by atoms with Crippen LogP contribution in [0.15, 0.2) is 59.3 Å². The van der Waals surface area contributed by atoms with E-state index in [1.54, 1.807) is 6.20 Å². The molecule has 0 spiro atoms. The lowest BCUT2D eigenvalue weighted by Crippen LogP contribution is -2.12. The topological polar surface area (TPSA) is 74.6 Å². The summed E-state index contributed by atoms with van der Waals surface area (Å²) in [6.07, 6.45) is 3.07. The van der Waals surface area contributed by atoms with Gasteiger partial charge in [0.1, 0.15) is 5.75 Å². The second-order valence-electron chi connectivity index (χ2n) is 5.69. The Balaban J connectivity index is 1.61. The molecule has 152 valence electrons. The molecule has 0 fully saturated rings. The molecule has 10 heteroatoms. The Morgan fingerprint density at radius 2 is 1.97 bits per heavy atom. The molecule has 0 saturated heterocycles. The highest BCUT2D eigenvalue weighted by atomic mass is 79.9. The molecule has 7 nitrogen and oxygen atoms in total. The largest absolute Gasteiger partial charge is 0.493 e. The van der Waals surface area contributed by atoms with E-state index < -0.39 is 12.5 Å². The Morgan fingerprint density at radius 1 is 1.21 bits per heavy atom. The fourth-order valence-electron chi connectivity index (χ4n) is 2.38. The van der Waals surface area contributed by atoms with Crippen molar-refractivity contribution >= 4 is 27.5 Å². The minimum atomic E-state index is -2.99. The summed E-state index contributed by atoms with van der Waals surface area (Å²) in [5, 5.41) is 6.78. The number of amides is 1. The molecule has 0 unspecified atom stereocenters. The molecule has 3 rings (SSSR count). The summed E-state index contributed by atoms with van der Waals surface area (Å²) >= 11 is 3.35. The van der Waals surface area contributed by atoms with E-state index >= 15 is 0 Å². The number of carbonyl (C=O) groups is 1. The molecule has 1 aromatic heterocycles. The monoisotopic (exact) mass is 467 g/mol. The van der Waals surface area contributed by atoms with Gasteiger partial charge in [0, 0.05) is 10.0 Å². The van der Waals surface area contributed by atoms with E-state index in [-0.39, 0.29) is 23.8 Å². The Morgan fingerprint density at radius 3 is 2.66 bits per heavy atom. The Kier molecular flexibility index (Phi) is 6.65. The van der Waals surface area contributed by atoms with Gasteiger partial charge in [-0.3, -0.25) is 4.79 Å². The summed E-state index contributed by atoms with van der Waals surface area (Å²) in [6.45, 7) is -2.83.